The highest BCUT2D eigenvalue weighted by molar-refractivity contribution is 5.82. The van der Waals surface area contributed by atoms with Crippen LogP contribution in [0.1, 0.15) is 47.0 Å². The average molecular weight is 324 g/mol. The Morgan fingerprint density at radius 2 is 1.57 bits per heavy atom. The van der Waals surface area contributed by atoms with Gasteiger partial charge < -0.3 is 4.90 Å². The van der Waals surface area contributed by atoms with E-state index in [4.69, 9.17) is 0 Å². The molecule has 134 valence electrons. The molecule has 4 nitrogen and oxygen atoms in total. The lowest BCUT2D eigenvalue weighted by Crippen LogP contribution is -2.50. The zero-order valence-corrected chi connectivity index (χ0v) is 15.8. The smallest absolute Gasteiger partial charge is 0.149 e. The van der Waals surface area contributed by atoms with E-state index in [0.29, 0.717) is 18.4 Å². The fourth-order valence-corrected chi connectivity index (χ4v) is 3.76. The van der Waals surface area contributed by atoms with Crippen LogP contribution in [0.25, 0.3) is 0 Å². The van der Waals surface area contributed by atoms with Gasteiger partial charge in [-0.3, -0.25) is 14.6 Å². The molecule has 0 N–H and O–H groups in total. The molecular formula is C19H37N3O. The summed E-state index contributed by atoms with van der Waals surface area (Å²) in [5, 5.41) is 0. The van der Waals surface area contributed by atoms with Gasteiger partial charge in [0.15, 0.2) is 0 Å². The van der Waals surface area contributed by atoms with Crippen molar-refractivity contribution in [1.82, 2.24) is 14.7 Å². The molecule has 0 bridgehead atoms. The fraction of sp³-hybridized carbons (Fsp3) is 0.947. The first-order valence-corrected chi connectivity index (χ1v) is 9.71. The van der Waals surface area contributed by atoms with Gasteiger partial charge in [-0.15, -0.1) is 0 Å². The Balaban J connectivity index is 1.64. The summed E-state index contributed by atoms with van der Waals surface area (Å²) in [6.07, 6.45) is 3.49. The van der Waals surface area contributed by atoms with E-state index in [0.717, 1.165) is 25.4 Å². The van der Waals surface area contributed by atoms with Gasteiger partial charge in [-0.05, 0) is 52.1 Å². The molecule has 4 heteroatoms. The van der Waals surface area contributed by atoms with Gasteiger partial charge in [0.25, 0.3) is 0 Å². The van der Waals surface area contributed by atoms with Crippen molar-refractivity contribution < 1.29 is 4.79 Å². The second kappa shape index (κ2) is 9.14. The van der Waals surface area contributed by atoms with Crippen molar-refractivity contribution in [1.29, 1.82) is 0 Å². The molecule has 2 aliphatic rings. The quantitative estimate of drug-likeness (QED) is 0.718. The molecule has 2 fully saturated rings. The summed E-state index contributed by atoms with van der Waals surface area (Å²) in [5.74, 6) is 1.48. The number of carbonyl (C=O) groups is 1. The summed E-state index contributed by atoms with van der Waals surface area (Å²) in [6.45, 7) is 17.8. The number of ketones is 1. The molecule has 2 aliphatic heterocycles. The highest BCUT2D eigenvalue weighted by Crippen LogP contribution is 2.20. The number of nitrogens with zero attached hydrogens (tertiary/aromatic N) is 3. The third-order valence-corrected chi connectivity index (χ3v) is 5.90. The molecular weight excluding hydrogens is 286 g/mol. The summed E-state index contributed by atoms with van der Waals surface area (Å²) >= 11 is 0. The minimum atomic E-state index is 0.227. The van der Waals surface area contributed by atoms with Gasteiger partial charge in [0.05, 0.1) is 6.54 Å². The standard InChI is InChI=1S/C19H37N3O/c1-5-17(4)19(23)15-20-8-6-18(7-9-20)14-21-10-12-22(13-11-21)16(2)3/h16-18H,5-15H2,1-4H3. The lowest BCUT2D eigenvalue weighted by molar-refractivity contribution is -0.124. The first-order valence-electron chi connectivity index (χ1n) is 9.71. The van der Waals surface area contributed by atoms with Crippen LogP contribution in [0, 0.1) is 11.8 Å². The van der Waals surface area contributed by atoms with Crippen LogP contribution < -0.4 is 0 Å². The molecule has 2 saturated heterocycles. The summed E-state index contributed by atoms with van der Waals surface area (Å²) in [4.78, 5) is 19.7. The van der Waals surface area contributed by atoms with Gasteiger partial charge in [-0.2, -0.15) is 0 Å². The van der Waals surface area contributed by atoms with Crippen molar-refractivity contribution in [3.8, 4) is 0 Å². The Morgan fingerprint density at radius 1 is 0.957 bits per heavy atom. The highest BCUT2D eigenvalue weighted by atomic mass is 16.1. The van der Waals surface area contributed by atoms with Crippen molar-refractivity contribution in [3.63, 3.8) is 0 Å². The number of piperazine rings is 1. The lowest BCUT2D eigenvalue weighted by atomic mass is 9.95. The highest BCUT2D eigenvalue weighted by Gasteiger charge is 2.25. The predicted molar refractivity (Wildman–Crippen MR) is 96.8 cm³/mol. The Labute approximate surface area is 143 Å². The largest absolute Gasteiger partial charge is 0.301 e. The summed E-state index contributed by atoms with van der Waals surface area (Å²) in [6, 6.07) is 0.684. The van der Waals surface area contributed by atoms with Crippen LogP contribution in [-0.4, -0.2) is 78.9 Å². The topological polar surface area (TPSA) is 26.8 Å². The van der Waals surface area contributed by atoms with E-state index >= 15 is 0 Å². The number of Topliss-reactive ketones (excluding diaryl/α,β-unsaturated/α-hetero) is 1. The fourth-order valence-electron chi connectivity index (χ4n) is 3.76. The van der Waals surface area contributed by atoms with Crippen LogP contribution in [0.15, 0.2) is 0 Å². The second-order valence-electron chi connectivity index (χ2n) is 7.93. The zero-order valence-electron chi connectivity index (χ0n) is 15.8. The van der Waals surface area contributed by atoms with E-state index in [1.54, 1.807) is 0 Å². The van der Waals surface area contributed by atoms with Crippen molar-refractivity contribution in [2.45, 2.75) is 53.0 Å². The van der Waals surface area contributed by atoms with Crippen LogP contribution in [0.5, 0.6) is 0 Å². The van der Waals surface area contributed by atoms with E-state index in [9.17, 15) is 4.79 Å². The van der Waals surface area contributed by atoms with Crippen molar-refractivity contribution in [2.75, 3.05) is 52.4 Å². The van der Waals surface area contributed by atoms with Crippen LogP contribution in [0.2, 0.25) is 0 Å². The predicted octanol–water partition coefficient (Wildman–Crippen LogP) is 2.34. The minimum absolute atomic E-state index is 0.227. The van der Waals surface area contributed by atoms with Crippen LogP contribution in [0.3, 0.4) is 0 Å². The number of likely N-dealkylation sites (tertiary alicyclic amines) is 1. The molecule has 23 heavy (non-hydrogen) atoms. The minimum Gasteiger partial charge on any atom is -0.301 e. The summed E-state index contributed by atoms with van der Waals surface area (Å²) < 4.78 is 0. The Hall–Kier alpha value is -0.450. The van der Waals surface area contributed by atoms with Crippen molar-refractivity contribution in [2.24, 2.45) is 11.8 Å². The molecule has 1 atom stereocenters. The molecule has 0 radical (unpaired) electrons. The van der Waals surface area contributed by atoms with Crippen molar-refractivity contribution in [3.05, 3.63) is 0 Å². The maximum absolute atomic E-state index is 12.1. The number of hydrogen-bond acceptors (Lipinski definition) is 4. The van der Waals surface area contributed by atoms with E-state index in [1.807, 2.05) is 0 Å². The lowest BCUT2D eigenvalue weighted by Gasteiger charge is -2.40. The third-order valence-electron chi connectivity index (χ3n) is 5.90. The van der Waals surface area contributed by atoms with E-state index < -0.39 is 0 Å². The van der Waals surface area contributed by atoms with Gasteiger partial charge in [-0.1, -0.05) is 13.8 Å². The van der Waals surface area contributed by atoms with Gasteiger partial charge in [0.1, 0.15) is 5.78 Å². The SMILES string of the molecule is CCC(C)C(=O)CN1CCC(CN2CCN(C(C)C)CC2)CC1. The summed E-state index contributed by atoms with van der Waals surface area (Å²) in [7, 11) is 0. The van der Waals surface area contributed by atoms with Gasteiger partial charge in [0.2, 0.25) is 0 Å². The maximum Gasteiger partial charge on any atom is 0.149 e. The Bertz CT molecular complexity index is 356. The van der Waals surface area contributed by atoms with Crippen LogP contribution in [-0.2, 0) is 4.79 Å². The van der Waals surface area contributed by atoms with Crippen molar-refractivity contribution >= 4 is 5.78 Å². The second-order valence-corrected chi connectivity index (χ2v) is 7.93. The number of rotatable bonds is 7. The number of piperidine rings is 1. The van der Waals surface area contributed by atoms with E-state index in [-0.39, 0.29) is 5.92 Å². The van der Waals surface area contributed by atoms with E-state index in [1.165, 1.54) is 45.6 Å². The number of carbonyl (C=O) groups excluding carboxylic acids is 1. The number of hydrogen-bond donors (Lipinski definition) is 0. The normalized spacial score (nSPS) is 24.2. The van der Waals surface area contributed by atoms with E-state index in [2.05, 4.69) is 42.4 Å². The Kier molecular flexibility index (Phi) is 7.51. The molecule has 0 aromatic heterocycles. The first kappa shape index (κ1) is 18.9. The van der Waals surface area contributed by atoms with Crippen LogP contribution in [0.4, 0.5) is 0 Å². The molecule has 2 rings (SSSR count). The molecule has 2 heterocycles. The third kappa shape index (κ3) is 5.84. The van der Waals surface area contributed by atoms with Gasteiger partial charge in [-0.25, -0.2) is 0 Å². The summed E-state index contributed by atoms with van der Waals surface area (Å²) in [5.41, 5.74) is 0. The zero-order chi connectivity index (χ0) is 16.8. The monoisotopic (exact) mass is 323 g/mol. The molecule has 0 saturated carbocycles. The molecule has 0 aliphatic carbocycles. The maximum atomic E-state index is 12.1. The van der Waals surface area contributed by atoms with Gasteiger partial charge >= 0.3 is 0 Å². The van der Waals surface area contributed by atoms with Crippen LogP contribution >= 0.6 is 0 Å². The molecule has 0 amide bonds. The first-order chi connectivity index (χ1) is 11.0. The molecule has 0 aromatic carbocycles. The van der Waals surface area contributed by atoms with Gasteiger partial charge in [0, 0.05) is 44.7 Å². The average Bonchev–Trinajstić information content (AvgIpc) is 2.56. The molecule has 1 unspecified atom stereocenters. The Morgan fingerprint density at radius 3 is 2.09 bits per heavy atom. The molecule has 0 spiro atoms. The molecule has 0 aromatic rings.